The van der Waals surface area contributed by atoms with Crippen LogP contribution in [0.1, 0.15) is 26.9 Å². The maximum absolute atomic E-state index is 6.50. The van der Waals surface area contributed by atoms with Crippen molar-refractivity contribution in [2.75, 3.05) is 5.75 Å². The molecule has 1 aliphatic heterocycles. The Morgan fingerprint density at radius 3 is 3.05 bits per heavy atom. The Labute approximate surface area is 132 Å². The van der Waals surface area contributed by atoms with E-state index in [1.54, 1.807) is 0 Å². The van der Waals surface area contributed by atoms with Crippen molar-refractivity contribution >= 4 is 34.0 Å². The van der Waals surface area contributed by atoms with E-state index in [4.69, 9.17) is 5.73 Å². The lowest BCUT2D eigenvalue weighted by molar-refractivity contribution is 0.894. The number of rotatable bonds is 2. The molecule has 2 nitrogen and oxygen atoms in total. The fourth-order valence-corrected chi connectivity index (χ4v) is 5.18. The summed E-state index contributed by atoms with van der Waals surface area (Å²) >= 11 is 3.91. The third kappa shape index (κ3) is 2.48. The van der Waals surface area contributed by atoms with E-state index in [-0.39, 0.29) is 6.04 Å². The van der Waals surface area contributed by atoms with E-state index in [1.165, 1.54) is 33.1 Å². The summed E-state index contributed by atoms with van der Waals surface area (Å²) in [7, 11) is 0. The van der Waals surface area contributed by atoms with Gasteiger partial charge in [0.15, 0.2) is 0 Å². The molecule has 0 aliphatic carbocycles. The monoisotopic (exact) mass is 312 g/mol. The lowest BCUT2D eigenvalue weighted by Crippen LogP contribution is -2.10. The molecule has 0 fully saturated rings. The maximum atomic E-state index is 6.50. The first-order chi connectivity index (χ1) is 10.3. The van der Waals surface area contributed by atoms with Crippen LogP contribution >= 0.6 is 23.1 Å². The Bertz CT molecular complexity index is 771. The van der Waals surface area contributed by atoms with Gasteiger partial charge < -0.3 is 5.73 Å². The first-order valence-corrected chi connectivity index (χ1v) is 9.08. The standard InChI is InChI=1S/C17H16N2S2/c18-17(16-9-13-10-20-7-5-15(13)21-16)12-3-4-14-11(8-12)2-1-6-19-14/h1-4,6,8-9,17H,5,7,10,18H2. The summed E-state index contributed by atoms with van der Waals surface area (Å²) in [4.78, 5) is 7.18. The van der Waals surface area contributed by atoms with Crippen LogP contribution in [-0.4, -0.2) is 10.7 Å². The predicted octanol–water partition coefficient (Wildman–Crippen LogP) is 4.13. The zero-order valence-corrected chi connectivity index (χ0v) is 13.2. The van der Waals surface area contributed by atoms with Gasteiger partial charge >= 0.3 is 0 Å². The van der Waals surface area contributed by atoms with Gasteiger partial charge in [-0.05, 0) is 47.6 Å². The minimum absolute atomic E-state index is 0.0322. The number of thioether (sulfide) groups is 1. The van der Waals surface area contributed by atoms with Crippen LogP contribution in [0.15, 0.2) is 42.6 Å². The molecule has 1 unspecified atom stereocenters. The topological polar surface area (TPSA) is 38.9 Å². The summed E-state index contributed by atoms with van der Waals surface area (Å²) < 4.78 is 0. The summed E-state index contributed by atoms with van der Waals surface area (Å²) in [5.74, 6) is 2.38. The quantitative estimate of drug-likeness (QED) is 0.773. The summed E-state index contributed by atoms with van der Waals surface area (Å²) in [6.07, 6.45) is 3.02. The number of aryl methyl sites for hydroxylation is 1. The van der Waals surface area contributed by atoms with Gasteiger partial charge in [0.25, 0.3) is 0 Å². The lowest BCUT2D eigenvalue weighted by Gasteiger charge is -2.10. The van der Waals surface area contributed by atoms with Crippen LogP contribution < -0.4 is 5.73 Å². The number of pyridine rings is 1. The van der Waals surface area contributed by atoms with E-state index < -0.39 is 0 Å². The first-order valence-electron chi connectivity index (χ1n) is 7.11. The van der Waals surface area contributed by atoms with Gasteiger partial charge in [-0.15, -0.1) is 11.3 Å². The number of nitrogens with two attached hydrogens (primary N) is 1. The molecule has 2 N–H and O–H groups in total. The molecule has 4 heteroatoms. The van der Waals surface area contributed by atoms with Crippen molar-refractivity contribution in [3.8, 4) is 0 Å². The van der Waals surface area contributed by atoms with Crippen LogP contribution in [0.4, 0.5) is 0 Å². The lowest BCUT2D eigenvalue weighted by atomic mass is 10.0. The van der Waals surface area contributed by atoms with Crippen LogP contribution in [0.3, 0.4) is 0 Å². The molecule has 0 saturated heterocycles. The van der Waals surface area contributed by atoms with Crippen molar-refractivity contribution in [2.45, 2.75) is 18.2 Å². The van der Waals surface area contributed by atoms with Crippen LogP contribution in [0.2, 0.25) is 0 Å². The van der Waals surface area contributed by atoms with Crippen LogP contribution in [0.5, 0.6) is 0 Å². The van der Waals surface area contributed by atoms with Gasteiger partial charge in [0, 0.05) is 27.1 Å². The maximum Gasteiger partial charge on any atom is 0.0702 e. The van der Waals surface area contributed by atoms with Crippen molar-refractivity contribution in [1.82, 2.24) is 4.98 Å². The second-order valence-electron chi connectivity index (χ2n) is 5.33. The molecule has 1 atom stereocenters. The number of benzene rings is 1. The van der Waals surface area contributed by atoms with Crippen LogP contribution in [-0.2, 0) is 12.2 Å². The molecular formula is C17H16N2S2. The Morgan fingerprint density at radius 1 is 1.19 bits per heavy atom. The molecular weight excluding hydrogens is 296 g/mol. The summed E-state index contributed by atoms with van der Waals surface area (Å²) in [5.41, 5.74) is 10.2. The van der Waals surface area contributed by atoms with E-state index >= 15 is 0 Å². The van der Waals surface area contributed by atoms with Crippen molar-refractivity contribution in [1.29, 1.82) is 0 Å². The smallest absolute Gasteiger partial charge is 0.0702 e. The highest BCUT2D eigenvalue weighted by atomic mass is 32.2. The van der Waals surface area contributed by atoms with Gasteiger partial charge in [-0.25, -0.2) is 0 Å². The molecule has 0 saturated carbocycles. The molecule has 0 radical (unpaired) electrons. The Balaban J connectivity index is 1.71. The zero-order chi connectivity index (χ0) is 14.2. The van der Waals surface area contributed by atoms with Gasteiger partial charge in [-0.3, -0.25) is 4.98 Å². The van der Waals surface area contributed by atoms with E-state index in [9.17, 15) is 0 Å². The minimum atomic E-state index is -0.0322. The minimum Gasteiger partial charge on any atom is -0.320 e. The fourth-order valence-electron chi connectivity index (χ4n) is 2.78. The van der Waals surface area contributed by atoms with Crippen LogP contribution in [0.25, 0.3) is 10.9 Å². The molecule has 4 rings (SSSR count). The second-order valence-corrected chi connectivity index (χ2v) is 7.61. The second kappa shape index (κ2) is 5.44. The Kier molecular flexibility index (Phi) is 3.45. The summed E-state index contributed by atoms with van der Waals surface area (Å²) in [6, 6.07) is 12.7. The van der Waals surface area contributed by atoms with Crippen molar-refractivity contribution in [3.05, 3.63) is 63.5 Å². The van der Waals surface area contributed by atoms with Crippen LogP contribution in [0, 0.1) is 0 Å². The predicted molar refractivity (Wildman–Crippen MR) is 92.0 cm³/mol. The highest BCUT2D eigenvalue weighted by molar-refractivity contribution is 7.98. The summed E-state index contributed by atoms with van der Waals surface area (Å²) in [6.45, 7) is 0. The average molecular weight is 312 g/mol. The molecule has 0 amide bonds. The number of aromatic nitrogens is 1. The van der Waals surface area contributed by atoms with E-state index in [0.29, 0.717) is 0 Å². The van der Waals surface area contributed by atoms with Gasteiger partial charge in [0.1, 0.15) is 0 Å². The highest BCUT2D eigenvalue weighted by Crippen LogP contribution is 2.36. The molecule has 3 heterocycles. The third-order valence-electron chi connectivity index (χ3n) is 3.94. The Hall–Kier alpha value is -1.36. The number of nitrogens with zero attached hydrogens (tertiary/aromatic N) is 1. The Morgan fingerprint density at radius 2 is 2.14 bits per heavy atom. The van der Waals surface area contributed by atoms with Gasteiger partial charge in [0.05, 0.1) is 11.6 Å². The highest BCUT2D eigenvalue weighted by Gasteiger charge is 2.18. The fraction of sp³-hybridized carbons (Fsp3) is 0.235. The molecule has 3 aromatic rings. The molecule has 0 spiro atoms. The molecule has 2 aromatic heterocycles. The largest absolute Gasteiger partial charge is 0.320 e. The molecule has 0 bridgehead atoms. The van der Waals surface area contributed by atoms with E-state index in [2.05, 4.69) is 35.3 Å². The number of hydrogen-bond donors (Lipinski definition) is 1. The van der Waals surface area contributed by atoms with Crippen molar-refractivity contribution in [3.63, 3.8) is 0 Å². The molecule has 1 aliphatic rings. The average Bonchev–Trinajstić information content (AvgIpc) is 2.97. The zero-order valence-electron chi connectivity index (χ0n) is 11.6. The van der Waals surface area contributed by atoms with Gasteiger partial charge in [-0.2, -0.15) is 11.8 Å². The SMILES string of the molecule is NC(c1ccc2ncccc2c1)c1cc2c(s1)CCSC2. The third-order valence-corrected chi connectivity index (χ3v) is 6.27. The van der Waals surface area contributed by atoms with Gasteiger partial charge in [0.2, 0.25) is 0 Å². The van der Waals surface area contributed by atoms with E-state index in [1.807, 2.05) is 35.4 Å². The number of hydrogen-bond acceptors (Lipinski definition) is 4. The normalized spacial score (nSPS) is 15.9. The van der Waals surface area contributed by atoms with E-state index in [0.717, 1.165) is 16.7 Å². The molecule has 1 aromatic carbocycles. The molecule has 106 valence electrons. The van der Waals surface area contributed by atoms with Crippen molar-refractivity contribution < 1.29 is 0 Å². The van der Waals surface area contributed by atoms with Gasteiger partial charge in [-0.1, -0.05) is 12.1 Å². The molecule has 21 heavy (non-hydrogen) atoms. The first kappa shape index (κ1) is 13.3. The number of thiophene rings is 1. The number of fused-ring (bicyclic) bond motifs is 2. The van der Waals surface area contributed by atoms with Crippen molar-refractivity contribution in [2.24, 2.45) is 5.73 Å². The summed E-state index contributed by atoms with van der Waals surface area (Å²) in [5, 5.41) is 1.15.